The van der Waals surface area contributed by atoms with Gasteiger partial charge in [-0.2, -0.15) is 0 Å². The van der Waals surface area contributed by atoms with Crippen molar-refractivity contribution < 1.29 is 29.3 Å². The first kappa shape index (κ1) is 23.6. The van der Waals surface area contributed by atoms with Crippen LogP contribution in [0.5, 0.6) is 0 Å². The molecule has 188 valence electrons. The molecule has 0 amide bonds. The topological polar surface area (TPSA) is 101 Å². The number of fused-ring (bicyclic) bond motifs is 5. The molecule has 3 saturated carbocycles. The van der Waals surface area contributed by atoms with Gasteiger partial charge in [0, 0.05) is 11.0 Å². The van der Waals surface area contributed by atoms with Gasteiger partial charge in [-0.1, -0.05) is 25.5 Å². The number of aliphatic hydroxyl groups excluding tert-OH is 1. The van der Waals surface area contributed by atoms with Gasteiger partial charge < -0.3 is 14.9 Å². The summed E-state index contributed by atoms with van der Waals surface area (Å²) in [6, 6.07) is 0. The Balaban J connectivity index is 1.64. The lowest BCUT2D eigenvalue weighted by molar-refractivity contribution is -0.255. The second kappa shape index (κ2) is 6.56. The van der Waals surface area contributed by atoms with Crippen LogP contribution in [-0.4, -0.2) is 49.9 Å². The predicted molar refractivity (Wildman–Crippen MR) is 128 cm³/mol. The third-order valence-electron chi connectivity index (χ3n) is 11.6. The molecule has 0 saturated heterocycles. The molecule has 9 atom stereocenters. The van der Waals surface area contributed by atoms with Crippen LogP contribution >= 0.6 is 11.6 Å². The van der Waals surface area contributed by atoms with Gasteiger partial charge in [0.05, 0.1) is 16.4 Å². The molecule has 6 rings (SSSR count). The summed E-state index contributed by atoms with van der Waals surface area (Å²) in [4.78, 5) is 39.3. The number of ether oxygens (including phenoxy) is 1. The Morgan fingerprint density at radius 1 is 1.06 bits per heavy atom. The zero-order valence-corrected chi connectivity index (χ0v) is 21.7. The van der Waals surface area contributed by atoms with E-state index >= 15 is 0 Å². The zero-order valence-electron chi connectivity index (χ0n) is 20.9. The lowest BCUT2D eigenvalue weighted by atomic mass is 9.38. The maximum absolute atomic E-state index is 14.1. The van der Waals surface area contributed by atoms with E-state index in [0.717, 1.165) is 12.0 Å². The SMILES string of the molecule is CC1=C(C)[C@]2(OC1=O)C(=O)C(C)=C1CC[C@H]3[C@@H]4C[C@@H](O)[C@@]5(Cl)CC=CC(=O)[C@]5(C)[C@H]4C[C@@]2(O)[C@]13C. The van der Waals surface area contributed by atoms with Gasteiger partial charge in [0.15, 0.2) is 5.78 Å². The fourth-order valence-electron chi connectivity index (χ4n) is 9.53. The number of Topliss-reactive ketones (excluding diaryl/α,β-unsaturated/α-hetero) is 1. The minimum atomic E-state index is -1.82. The summed E-state index contributed by atoms with van der Waals surface area (Å²) in [7, 11) is 0. The number of hydrogen-bond acceptors (Lipinski definition) is 6. The molecule has 0 radical (unpaired) electrons. The fraction of sp³-hybridized carbons (Fsp3) is 0.679. The summed E-state index contributed by atoms with van der Waals surface area (Å²) in [5, 5.41) is 24.3. The lowest BCUT2D eigenvalue weighted by Crippen LogP contribution is -2.77. The number of carbonyl (C=O) groups is 3. The lowest BCUT2D eigenvalue weighted by Gasteiger charge is -2.68. The van der Waals surface area contributed by atoms with Crippen LogP contribution in [0.4, 0.5) is 0 Å². The second-order valence-corrected chi connectivity index (χ2v) is 12.9. The zero-order chi connectivity index (χ0) is 25.5. The van der Waals surface area contributed by atoms with Crippen molar-refractivity contribution in [3.05, 3.63) is 34.4 Å². The van der Waals surface area contributed by atoms with Crippen LogP contribution in [0.1, 0.15) is 66.7 Å². The summed E-state index contributed by atoms with van der Waals surface area (Å²) in [5.74, 6) is -1.66. The summed E-state index contributed by atoms with van der Waals surface area (Å²) in [6.07, 6.45) is 4.65. The Morgan fingerprint density at radius 2 is 1.74 bits per heavy atom. The number of rotatable bonds is 0. The van der Waals surface area contributed by atoms with Gasteiger partial charge in [-0.25, -0.2) is 4.79 Å². The fourth-order valence-corrected chi connectivity index (χ4v) is 9.95. The van der Waals surface area contributed by atoms with Gasteiger partial charge in [0.2, 0.25) is 11.4 Å². The van der Waals surface area contributed by atoms with Gasteiger partial charge in [0.25, 0.3) is 0 Å². The van der Waals surface area contributed by atoms with Crippen LogP contribution in [0.3, 0.4) is 0 Å². The van der Waals surface area contributed by atoms with Crippen LogP contribution < -0.4 is 0 Å². The van der Waals surface area contributed by atoms with Crippen molar-refractivity contribution in [1.29, 1.82) is 0 Å². The molecule has 2 N–H and O–H groups in total. The highest BCUT2D eigenvalue weighted by Gasteiger charge is 2.81. The molecular formula is C28H33ClO6. The summed E-state index contributed by atoms with van der Waals surface area (Å²) in [5.41, 5.74) is -3.26. The molecule has 0 aromatic heterocycles. The molecule has 5 aliphatic carbocycles. The monoisotopic (exact) mass is 500 g/mol. The van der Waals surface area contributed by atoms with E-state index in [2.05, 4.69) is 0 Å². The average molecular weight is 501 g/mol. The Morgan fingerprint density at radius 3 is 2.37 bits per heavy atom. The van der Waals surface area contributed by atoms with E-state index in [9.17, 15) is 24.6 Å². The molecule has 6 aliphatic rings. The van der Waals surface area contributed by atoms with Crippen LogP contribution in [0, 0.1) is 28.6 Å². The third-order valence-corrected chi connectivity index (χ3v) is 12.4. The van der Waals surface area contributed by atoms with E-state index in [1.165, 1.54) is 0 Å². The highest BCUT2D eigenvalue weighted by molar-refractivity contribution is 6.28. The van der Waals surface area contributed by atoms with Crippen LogP contribution in [0.25, 0.3) is 0 Å². The molecule has 1 heterocycles. The van der Waals surface area contributed by atoms with Crippen molar-refractivity contribution in [3.8, 4) is 0 Å². The molecule has 0 aromatic rings. The first-order valence-electron chi connectivity index (χ1n) is 12.7. The van der Waals surface area contributed by atoms with E-state index in [4.69, 9.17) is 16.3 Å². The second-order valence-electron chi connectivity index (χ2n) is 12.2. The van der Waals surface area contributed by atoms with E-state index < -0.39 is 44.9 Å². The van der Waals surface area contributed by atoms with Crippen LogP contribution in [0.15, 0.2) is 34.4 Å². The van der Waals surface area contributed by atoms with Gasteiger partial charge in [0.1, 0.15) is 5.60 Å². The summed E-state index contributed by atoms with van der Waals surface area (Å²) < 4.78 is 5.95. The first-order chi connectivity index (χ1) is 16.2. The molecular weight excluding hydrogens is 468 g/mol. The Hall–Kier alpha value is -1.76. The molecule has 1 spiro atoms. The minimum absolute atomic E-state index is 0.0689. The third kappa shape index (κ3) is 2.14. The normalized spacial score (nSPS) is 52.6. The Labute approximate surface area is 210 Å². The number of ketones is 2. The van der Waals surface area contributed by atoms with E-state index in [1.54, 1.807) is 32.9 Å². The Kier molecular flexibility index (Phi) is 4.43. The van der Waals surface area contributed by atoms with Gasteiger partial charge in [-0.15, -0.1) is 11.6 Å². The number of halogens is 1. The van der Waals surface area contributed by atoms with Gasteiger partial charge >= 0.3 is 5.97 Å². The number of alkyl halides is 1. The van der Waals surface area contributed by atoms with Crippen LogP contribution in [-0.2, 0) is 19.1 Å². The van der Waals surface area contributed by atoms with Crippen molar-refractivity contribution in [2.45, 2.75) is 88.9 Å². The summed E-state index contributed by atoms with van der Waals surface area (Å²) in [6.45, 7) is 8.95. The molecule has 0 bridgehead atoms. The van der Waals surface area contributed by atoms with E-state index in [0.29, 0.717) is 36.0 Å². The highest BCUT2D eigenvalue weighted by Crippen LogP contribution is 2.75. The van der Waals surface area contributed by atoms with Crippen molar-refractivity contribution in [3.63, 3.8) is 0 Å². The van der Waals surface area contributed by atoms with Gasteiger partial charge in [-0.3, -0.25) is 9.59 Å². The smallest absolute Gasteiger partial charge is 0.335 e. The average Bonchev–Trinajstić information content (AvgIpc) is 3.28. The van der Waals surface area contributed by atoms with Crippen molar-refractivity contribution in [2.24, 2.45) is 28.6 Å². The summed E-state index contributed by atoms with van der Waals surface area (Å²) >= 11 is 7.14. The predicted octanol–water partition coefficient (Wildman–Crippen LogP) is 3.58. The first-order valence-corrected chi connectivity index (χ1v) is 13.1. The van der Waals surface area contributed by atoms with E-state index in [-0.39, 0.29) is 29.8 Å². The largest absolute Gasteiger partial charge is 0.439 e. The van der Waals surface area contributed by atoms with Crippen molar-refractivity contribution in [1.82, 2.24) is 0 Å². The number of hydrogen-bond donors (Lipinski definition) is 2. The molecule has 3 fully saturated rings. The van der Waals surface area contributed by atoms with Crippen molar-refractivity contribution in [2.75, 3.05) is 0 Å². The quantitative estimate of drug-likeness (QED) is 0.389. The number of carbonyl (C=O) groups excluding carboxylic acids is 3. The van der Waals surface area contributed by atoms with Gasteiger partial charge in [-0.05, 0) is 87.9 Å². The van der Waals surface area contributed by atoms with Crippen LogP contribution in [0.2, 0.25) is 0 Å². The van der Waals surface area contributed by atoms with Crippen molar-refractivity contribution >= 4 is 29.1 Å². The molecule has 6 nitrogen and oxygen atoms in total. The Bertz CT molecular complexity index is 1210. The number of esters is 1. The molecule has 35 heavy (non-hydrogen) atoms. The molecule has 7 heteroatoms. The maximum atomic E-state index is 14.1. The minimum Gasteiger partial charge on any atom is -0.439 e. The maximum Gasteiger partial charge on any atom is 0.335 e. The standard InChI is InChI=1S/C28H33ClO6/c1-13-15(3)28(35-23(13)33)22(32)14(2)17-8-9-18-16-11-21(31)26(29)10-6-7-20(30)25(26,5)19(16)12-27(28,34)24(17,18)4/h6-7,16,18-19,21,31,34H,8-12H2,1-5H3/t16-,18-,19-,21+,24+,25-,26-,27+,28-/m0/s1. The molecule has 1 aliphatic heterocycles. The molecule has 0 aromatic carbocycles. The van der Waals surface area contributed by atoms with E-state index in [1.807, 2.05) is 13.8 Å². The highest BCUT2D eigenvalue weighted by atomic mass is 35.5. The molecule has 0 unspecified atom stereocenters. The number of allylic oxidation sites excluding steroid dienone is 2. The number of aliphatic hydroxyl groups is 2.